The van der Waals surface area contributed by atoms with Gasteiger partial charge < -0.3 is 9.47 Å². The van der Waals surface area contributed by atoms with Gasteiger partial charge in [-0.2, -0.15) is 0 Å². The first-order valence-electron chi connectivity index (χ1n) is 8.07. The van der Waals surface area contributed by atoms with Crippen molar-refractivity contribution in [2.24, 2.45) is 17.8 Å². The summed E-state index contributed by atoms with van der Waals surface area (Å²) in [5.41, 5.74) is 2.10. The first-order valence-corrected chi connectivity index (χ1v) is 8.07. The number of halogens is 1. The van der Waals surface area contributed by atoms with Crippen molar-refractivity contribution in [3.8, 4) is 5.75 Å². The largest absolute Gasteiger partial charge is 0.504 e. The number of nitrogens with zero attached hydrogens (tertiary/aromatic N) is 1. The Morgan fingerprint density at radius 3 is 2.78 bits per heavy atom. The molecule has 1 aromatic heterocycles. The molecule has 2 saturated carbocycles. The molecule has 0 radical (unpaired) electrons. The van der Waals surface area contributed by atoms with E-state index in [0.29, 0.717) is 17.8 Å². The molecule has 4 atom stereocenters. The minimum Gasteiger partial charge on any atom is -0.504 e. The average molecular weight is 313 g/mol. The molecule has 0 amide bonds. The van der Waals surface area contributed by atoms with Gasteiger partial charge in [-0.25, -0.2) is 4.39 Å². The van der Waals surface area contributed by atoms with Crippen LogP contribution in [0.4, 0.5) is 4.39 Å². The van der Waals surface area contributed by atoms with E-state index in [1.54, 1.807) is 19.4 Å². The zero-order valence-electron chi connectivity index (χ0n) is 13.3. The predicted molar refractivity (Wildman–Crippen MR) is 86.6 cm³/mol. The summed E-state index contributed by atoms with van der Waals surface area (Å²) in [7, 11) is 1.70. The van der Waals surface area contributed by atoms with Gasteiger partial charge in [-0.3, -0.25) is 4.98 Å². The van der Waals surface area contributed by atoms with E-state index in [9.17, 15) is 4.39 Å². The molecule has 2 unspecified atom stereocenters. The molecule has 4 rings (SSSR count). The summed E-state index contributed by atoms with van der Waals surface area (Å²) in [6.07, 6.45) is 5.91. The van der Waals surface area contributed by atoms with Gasteiger partial charge in [0.25, 0.3) is 0 Å². The van der Waals surface area contributed by atoms with E-state index in [1.807, 2.05) is 12.3 Å². The van der Waals surface area contributed by atoms with Crippen LogP contribution in [0.1, 0.15) is 19.8 Å². The van der Waals surface area contributed by atoms with E-state index in [2.05, 4.69) is 11.9 Å². The van der Waals surface area contributed by atoms with Crippen LogP contribution < -0.4 is 4.74 Å². The van der Waals surface area contributed by atoms with Crippen molar-refractivity contribution in [2.45, 2.75) is 25.9 Å². The highest BCUT2D eigenvalue weighted by atomic mass is 19.1. The standard InChI is InChI=1S/C19H20FNO2/c1-11(10-22-2)19-14-8-13(9-15(14)19)23-18-5-6-21-17-4-3-12(20)7-16(17)18/h3-7,10,13-15,19H,8-9H2,1-2H3/b11-10+/t13?,14-,15+,19?. The van der Waals surface area contributed by atoms with Crippen LogP contribution in [-0.2, 0) is 4.74 Å². The van der Waals surface area contributed by atoms with Crippen LogP contribution in [0.3, 0.4) is 0 Å². The molecular formula is C19H20FNO2. The summed E-state index contributed by atoms with van der Waals surface area (Å²) in [5.74, 6) is 2.54. The van der Waals surface area contributed by atoms with Crippen LogP contribution in [0.2, 0.25) is 0 Å². The molecule has 0 aliphatic heterocycles. The highest BCUT2D eigenvalue weighted by Gasteiger charge is 2.57. The minimum absolute atomic E-state index is 0.213. The van der Waals surface area contributed by atoms with E-state index >= 15 is 0 Å². The molecular weight excluding hydrogens is 293 g/mol. The third-order valence-corrected chi connectivity index (χ3v) is 5.19. The Morgan fingerprint density at radius 1 is 1.26 bits per heavy atom. The first kappa shape index (κ1) is 14.5. The van der Waals surface area contributed by atoms with Crippen molar-refractivity contribution in [1.82, 2.24) is 4.98 Å². The average Bonchev–Trinajstić information content (AvgIpc) is 3.05. The Bertz CT molecular complexity index is 761. The number of fused-ring (bicyclic) bond motifs is 2. The third-order valence-electron chi connectivity index (χ3n) is 5.19. The Labute approximate surface area is 135 Å². The van der Waals surface area contributed by atoms with Crippen molar-refractivity contribution in [3.63, 3.8) is 0 Å². The van der Waals surface area contributed by atoms with Gasteiger partial charge in [0.2, 0.25) is 0 Å². The van der Waals surface area contributed by atoms with Gasteiger partial charge in [-0.05, 0) is 67.4 Å². The summed E-state index contributed by atoms with van der Waals surface area (Å²) in [5, 5.41) is 0.750. The minimum atomic E-state index is -0.259. The number of allylic oxidation sites excluding steroid dienone is 1. The summed E-state index contributed by atoms with van der Waals surface area (Å²) < 4.78 is 24.8. The fraction of sp³-hybridized carbons (Fsp3) is 0.421. The highest BCUT2D eigenvalue weighted by Crippen LogP contribution is 2.61. The number of rotatable bonds is 4. The van der Waals surface area contributed by atoms with Gasteiger partial charge in [-0.1, -0.05) is 0 Å². The highest BCUT2D eigenvalue weighted by molar-refractivity contribution is 5.84. The quantitative estimate of drug-likeness (QED) is 0.787. The lowest BCUT2D eigenvalue weighted by molar-refractivity contribution is 0.191. The van der Waals surface area contributed by atoms with Crippen molar-refractivity contribution < 1.29 is 13.9 Å². The number of hydrogen-bond acceptors (Lipinski definition) is 3. The van der Waals surface area contributed by atoms with Crippen LogP contribution in [0.5, 0.6) is 5.75 Å². The molecule has 23 heavy (non-hydrogen) atoms. The zero-order chi connectivity index (χ0) is 16.0. The second kappa shape index (κ2) is 5.52. The molecule has 0 spiro atoms. The van der Waals surface area contributed by atoms with Crippen molar-refractivity contribution >= 4 is 10.9 Å². The number of ether oxygens (including phenoxy) is 2. The van der Waals surface area contributed by atoms with Gasteiger partial charge in [0, 0.05) is 11.6 Å². The van der Waals surface area contributed by atoms with E-state index < -0.39 is 0 Å². The Morgan fingerprint density at radius 2 is 2.04 bits per heavy atom. The molecule has 3 nitrogen and oxygen atoms in total. The molecule has 4 heteroatoms. The lowest BCUT2D eigenvalue weighted by Crippen LogP contribution is -2.16. The van der Waals surface area contributed by atoms with E-state index in [-0.39, 0.29) is 11.9 Å². The van der Waals surface area contributed by atoms with Gasteiger partial charge >= 0.3 is 0 Å². The second-order valence-electron chi connectivity index (χ2n) is 6.63. The van der Waals surface area contributed by atoms with Gasteiger partial charge in [0.05, 0.1) is 25.0 Å². The number of benzene rings is 1. The van der Waals surface area contributed by atoms with Gasteiger partial charge in [-0.15, -0.1) is 0 Å². The van der Waals surface area contributed by atoms with Crippen LogP contribution in [-0.4, -0.2) is 18.2 Å². The van der Waals surface area contributed by atoms with Crippen molar-refractivity contribution in [3.05, 3.63) is 48.1 Å². The topological polar surface area (TPSA) is 31.4 Å². The molecule has 2 aliphatic carbocycles. The Hall–Kier alpha value is -2.10. The smallest absolute Gasteiger partial charge is 0.130 e. The number of pyridine rings is 1. The van der Waals surface area contributed by atoms with E-state index in [1.165, 1.54) is 17.7 Å². The van der Waals surface area contributed by atoms with Gasteiger partial charge in [0.15, 0.2) is 0 Å². The maximum absolute atomic E-state index is 13.5. The van der Waals surface area contributed by atoms with Crippen LogP contribution in [0, 0.1) is 23.6 Å². The first-order chi connectivity index (χ1) is 11.2. The molecule has 1 aromatic carbocycles. The third kappa shape index (κ3) is 2.56. The van der Waals surface area contributed by atoms with Crippen molar-refractivity contribution in [1.29, 1.82) is 0 Å². The molecule has 120 valence electrons. The Balaban J connectivity index is 1.48. The predicted octanol–water partition coefficient (Wildman–Crippen LogP) is 4.33. The number of hydrogen-bond donors (Lipinski definition) is 0. The fourth-order valence-corrected chi connectivity index (χ4v) is 4.20. The lowest BCUT2D eigenvalue weighted by Gasteiger charge is -2.18. The molecule has 0 saturated heterocycles. The van der Waals surface area contributed by atoms with Crippen molar-refractivity contribution in [2.75, 3.05) is 7.11 Å². The number of aromatic nitrogens is 1. The number of methoxy groups -OCH3 is 1. The molecule has 2 aliphatic rings. The molecule has 0 N–H and O–H groups in total. The molecule has 1 heterocycles. The Kier molecular flexibility index (Phi) is 3.47. The summed E-state index contributed by atoms with van der Waals surface area (Å²) in [6.45, 7) is 2.14. The molecule has 0 bridgehead atoms. The summed E-state index contributed by atoms with van der Waals surface area (Å²) >= 11 is 0. The monoisotopic (exact) mass is 313 g/mol. The van der Waals surface area contributed by atoms with Crippen LogP contribution >= 0.6 is 0 Å². The van der Waals surface area contributed by atoms with Gasteiger partial charge in [0.1, 0.15) is 11.6 Å². The fourth-order valence-electron chi connectivity index (χ4n) is 4.20. The summed E-state index contributed by atoms with van der Waals surface area (Å²) in [4.78, 5) is 4.27. The van der Waals surface area contributed by atoms with E-state index in [0.717, 1.165) is 29.5 Å². The zero-order valence-corrected chi connectivity index (χ0v) is 13.3. The normalized spacial score (nSPS) is 29.4. The summed E-state index contributed by atoms with van der Waals surface area (Å²) in [6, 6.07) is 6.46. The maximum Gasteiger partial charge on any atom is 0.130 e. The van der Waals surface area contributed by atoms with Crippen LogP contribution in [0.25, 0.3) is 10.9 Å². The van der Waals surface area contributed by atoms with Crippen LogP contribution in [0.15, 0.2) is 42.3 Å². The maximum atomic E-state index is 13.5. The lowest BCUT2D eigenvalue weighted by atomic mass is 10.0. The molecule has 2 fully saturated rings. The van der Waals surface area contributed by atoms with E-state index in [4.69, 9.17) is 9.47 Å². The SMILES string of the molecule is CO/C=C(\C)C1[C@H]2CC(Oc3ccnc4ccc(F)cc34)C[C@@H]12. The second-order valence-corrected chi connectivity index (χ2v) is 6.63. The molecule has 2 aromatic rings.